The van der Waals surface area contributed by atoms with Gasteiger partial charge in [0.25, 0.3) is 0 Å². The molecule has 1 aromatic rings. The Labute approximate surface area is 109 Å². The Bertz CT molecular complexity index is 402. The van der Waals surface area contributed by atoms with Gasteiger partial charge in [0.05, 0.1) is 0 Å². The van der Waals surface area contributed by atoms with Gasteiger partial charge in [-0.05, 0) is 44.1 Å². The number of esters is 1. The van der Waals surface area contributed by atoms with Gasteiger partial charge in [0.1, 0.15) is 6.10 Å². The summed E-state index contributed by atoms with van der Waals surface area (Å²) in [4.78, 5) is 11.8. The van der Waals surface area contributed by atoms with Gasteiger partial charge < -0.3 is 4.74 Å². The van der Waals surface area contributed by atoms with Crippen LogP contribution in [0.4, 0.5) is 0 Å². The fourth-order valence-electron chi connectivity index (χ4n) is 2.28. The van der Waals surface area contributed by atoms with Crippen LogP contribution in [0.5, 0.6) is 0 Å². The maximum absolute atomic E-state index is 11.8. The zero-order chi connectivity index (χ0) is 12.8. The third-order valence-corrected chi connectivity index (χ3v) is 3.42. The largest absolute Gasteiger partial charge is 0.459 e. The number of carbonyl (C=O) groups excluding carboxylic acids is 1. The maximum atomic E-state index is 11.8. The van der Waals surface area contributed by atoms with Crippen molar-refractivity contribution in [1.29, 1.82) is 0 Å². The molecule has 2 heteroatoms. The summed E-state index contributed by atoms with van der Waals surface area (Å²) >= 11 is 0. The second-order valence-corrected chi connectivity index (χ2v) is 4.90. The lowest BCUT2D eigenvalue weighted by atomic mass is 10.1. The number of hydrogen-bond acceptors (Lipinski definition) is 2. The van der Waals surface area contributed by atoms with E-state index in [2.05, 4.69) is 18.7 Å². The van der Waals surface area contributed by atoms with E-state index < -0.39 is 0 Å². The zero-order valence-corrected chi connectivity index (χ0v) is 10.7. The van der Waals surface area contributed by atoms with E-state index in [0.29, 0.717) is 12.0 Å². The summed E-state index contributed by atoms with van der Waals surface area (Å²) in [6.45, 7) is 3.84. The second kappa shape index (κ2) is 6.39. The molecule has 0 saturated heterocycles. The molecule has 2 rings (SSSR count). The van der Waals surface area contributed by atoms with Crippen molar-refractivity contribution in [3.05, 3.63) is 48.0 Å². The number of hydrogen-bond donors (Lipinski definition) is 0. The molecule has 0 atom stereocenters. The number of carbonyl (C=O) groups is 1. The van der Waals surface area contributed by atoms with Crippen molar-refractivity contribution in [2.75, 3.05) is 0 Å². The number of rotatable bonds is 5. The normalized spacial score (nSPS) is 15.6. The van der Waals surface area contributed by atoms with E-state index in [1.54, 1.807) is 0 Å². The molecule has 1 aromatic carbocycles. The minimum absolute atomic E-state index is 0.131. The van der Waals surface area contributed by atoms with Crippen LogP contribution >= 0.6 is 0 Å². The van der Waals surface area contributed by atoms with Gasteiger partial charge in [-0.3, -0.25) is 0 Å². The second-order valence-electron chi connectivity index (χ2n) is 4.90. The van der Waals surface area contributed by atoms with Crippen LogP contribution in [0.15, 0.2) is 42.5 Å². The predicted molar refractivity (Wildman–Crippen MR) is 72.3 cm³/mol. The van der Waals surface area contributed by atoms with Gasteiger partial charge in [-0.15, -0.1) is 0 Å². The Kier molecular flexibility index (Phi) is 4.57. The quantitative estimate of drug-likeness (QED) is 0.583. The molecule has 96 valence electrons. The van der Waals surface area contributed by atoms with Crippen molar-refractivity contribution in [1.82, 2.24) is 0 Å². The summed E-state index contributed by atoms with van der Waals surface area (Å²) in [5.41, 5.74) is 1.82. The first kappa shape index (κ1) is 12.9. The van der Waals surface area contributed by atoms with Crippen LogP contribution in [0.2, 0.25) is 0 Å². The van der Waals surface area contributed by atoms with Crippen LogP contribution in [0.25, 0.3) is 0 Å². The van der Waals surface area contributed by atoms with E-state index in [9.17, 15) is 4.79 Å². The lowest BCUT2D eigenvalue weighted by Gasteiger charge is -2.12. The first-order valence-corrected chi connectivity index (χ1v) is 6.68. The van der Waals surface area contributed by atoms with Crippen LogP contribution < -0.4 is 0 Å². The average molecular weight is 244 g/mol. The van der Waals surface area contributed by atoms with E-state index >= 15 is 0 Å². The summed E-state index contributed by atoms with van der Waals surface area (Å²) in [5, 5.41) is 0. The summed E-state index contributed by atoms with van der Waals surface area (Å²) in [7, 11) is 0. The molecule has 0 N–H and O–H groups in total. The maximum Gasteiger partial charge on any atom is 0.333 e. The van der Waals surface area contributed by atoms with Gasteiger partial charge in [0.15, 0.2) is 0 Å². The van der Waals surface area contributed by atoms with Crippen LogP contribution in [0, 0.1) is 0 Å². The van der Waals surface area contributed by atoms with Crippen LogP contribution in [0.1, 0.15) is 37.7 Å². The number of aryl methyl sites for hydroxylation is 1. The highest BCUT2D eigenvalue weighted by atomic mass is 16.5. The zero-order valence-electron chi connectivity index (χ0n) is 10.7. The minimum atomic E-state index is -0.210. The Morgan fingerprint density at radius 3 is 2.56 bits per heavy atom. The van der Waals surface area contributed by atoms with E-state index in [0.717, 1.165) is 19.3 Å². The highest BCUT2D eigenvalue weighted by Gasteiger charge is 2.20. The topological polar surface area (TPSA) is 26.3 Å². The molecule has 0 unspecified atom stereocenters. The molecular formula is C16H20O2. The first-order chi connectivity index (χ1) is 8.75. The van der Waals surface area contributed by atoms with Gasteiger partial charge in [0, 0.05) is 5.57 Å². The van der Waals surface area contributed by atoms with Gasteiger partial charge in [-0.2, -0.15) is 0 Å². The van der Waals surface area contributed by atoms with Crippen molar-refractivity contribution >= 4 is 5.97 Å². The molecule has 1 saturated carbocycles. The molecule has 0 amide bonds. The highest BCUT2D eigenvalue weighted by Crippen LogP contribution is 2.22. The highest BCUT2D eigenvalue weighted by molar-refractivity contribution is 5.87. The molecule has 0 radical (unpaired) electrons. The summed E-state index contributed by atoms with van der Waals surface area (Å²) < 4.78 is 5.42. The third kappa shape index (κ3) is 3.73. The molecule has 1 fully saturated rings. The number of ether oxygens (including phenoxy) is 1. The molecule has 0 spiro atoms. The summed E-state index contributed by atoms with van der Waals surface area (Å²) in [5.74, 6) is -0.210. The fraction of sp³-hybridized carbons (Fsp3) is 0.438. The van der Waals surface area contributed by atoms with Gasteiger partial charge in [-0.25, -0.2) is 4.79 Å². The SMILES string of the molecule is C=C(CCc1ccccc1)C(=O)OC1CCCC1. The van der Waals surface area contributed by atoms with Gasteiger partial charge >= 0.3 is 5.97 Å². The molecule has 1 aliphatic rings. The Hall–Kier alpha value is -1.57. The van der Waals surface area contributed by atoms with Crippen molar-refractivity contribution in [2.45, 2.75) is 44.6 Å². The third-order valence-electron chi connectivity index (χ3n) is 3.42. The Balaban J connectivity index is 1.75. The molecule has 0 aliphatic heterocycles. The van der Waals surface area contributed by atoms with Gasteiger partial charge in [-0.1, -0.05) is 36.9 Å². The Morgan fingerprint density at radius 2 is 1.89 bits per heavy atom. The predicted octanol–water partition coefficient (Wildman–Crippen LogP) is 3.66. The standard InChI is InChI=1S/C16H20O2/c1-13(11-12-14-7-3-2-4-8-14)16(17)18-15-9-5-6-10-15/h2-4,7-8,15H,1,5-6,9-12H2. The average Bonchev–Trinajstić information content (AvgIpc) is 2.90. The van der Waals surface area contributed by atoms with E-state index in [1.807, 2.05) is 18.2 Å². The van der Waals surface area contributed by atoms with Crippen molar-refractivity contribution in [2.24, 2.45) is 0 Å². The summed E-state index contributed by atoms with van der Waals surface area (Å²) in [6.07, 6.45) is 6.03. The fourth-order valence-corrected chi connectivity index (χ4v) is 2.28. The van der Waals surface area contributed by atoms with Crippen molar-refractivity contribution < 1.29 is 9.53 Å². The minimum Gasteiger partial charge on any atom is -0.459 e. The van der Waals surface area contributed by atoms with Gasteiger partial charge in [0.2, 0.25) is 0 Å². The van der Waals surface area contributed by atoms with E-state index in [-0.39, 0.29) is 12.1 Å². The molecule has 0 aromatic heterocycles. The molecule has 0 bridgehead atoms. The van der Waals surface area contributed by atoms with Crippen molar-refractivity contribution in [3.8, 4) is 0 Å². The van der Waals surface area contributed by atoms with Crippen LogP contribution in [0.3, 0.4) is 0 Å². The van der Waals surface area contributed by atoms with Crippen molar-refractivity contribution in [3.63, 3.8) is 0 Å². The lowest BCUT2D eigenvalue weighted by molar-refractivity contribution is -0.144. The molecule has 0 heterocycles. The lowest BCUT2D eigenvalue weighted by Crippen LogP contribution is -2.16. The number of benzene rings is 1. The smallest absolute Gasteiger partial charge is 0.333 e. The monoisotopic (exact) mass is 244 g/mol. The molecule has 1 aliphatic carbocycles. The molecule has 18 heavy (non-hydrogen) atoms. The molecular weight excluding hydrogens is 224 g/mol. The summed E-state index contributed by atoms with van der Waals surface area (Å²) in [6, 6.07) is 10.1. The van der Waals surface area contributed by atoms with E-state index in [1.165, 1.54) is 18.4 Å². The van der Waals surface area contributed by atoms with E-state index in [4.69, 9.17) is 4.74 Å². The Morgan fingerprint density at radius 1 is 1.22 bits per heavy atom. The molecule has 2 nitrogen and oxygen atoms in total. The first-order valence-electron chi connectivity index (χ1n) is 6.68. The van der Waals surface area contributed by atoms with Crippen LogP contribution in [-0.4, -0.2) is 12.1 Å². The van der Waals surface area contributed by atoms with Crippen LogP contribution in [-0.2, 0) is 16.0 Å².